The highest BCUT2D eigenvalue weighted by Crippen LogP contribution is 2.38. The number of aryl methyl sites for hydroxylation is 1. The molecular formula is C14H20F2O. The van der Waals surface area contributed by atoms with Crippen molar-refractivity contribution in [1.29, 1.82) is 0 Å². The first kappa shape index (κ1) is 14.1. The second kappa shape index (κ2) is 5.58. The van der Waals surface area contributed by atoms with Crippen LogP contribution in [0.25, 0.3) is 0 Å². The molecule has 0 bridgehead atoms. The Balaban J connectivity index is 3.14. The van der Waals surface area contributed by atoms with E-state index in [1.807, 2.05) is 19.1 Å². The highest BCUT2D eigenvalue weighted by molar-refractivity contribution is 5.27. The molecule has 0 saturated heterocycles. The fourth-order valence-corrected chi connectivity index (χ4v) is 2.25. The molecule has 0 aromatic heterocycles. The minimum absolute atomic E-state index is 0.260. The maximum absolute atomic E-state index is 13.0. The van der Waals surface area contributed by atoms with E-state index in [1.165, 1.54) is 0 Å². The number of hydrogen-bond donors (Lipinski definition) is 1. The Hall–Kier alpha value is -0.960. The maximum atomic E-state index is 13.0. The van der Waals surface area contributed by atoms with Crippen molar-refractivity contribution >= 4 is 0 Å². The predicted octanol–water partition coefficient (Wildman–Crippen LogP) is 3.88. The van der Waals surface area contributed by atoms with Gasteiger partial charge in [-0.05, 0) is 25.3 Å². The van der Waals surface area contributed by atoms with Crippen molar-refractivity contribution in [2.75, 3.05) is 0 Å². The van der Waals surface area contributed by atoms with Crippen molar-refractivity contribution in [2.45, 2.75) is 45.6 Å². The molecule has 0 radical (unpaired) electrons. The van der Waals surface area contributed by atoms with Gasteiger partial charge in [0.1, 0.15) is 0 Å². The molecule has 96 valence electrons. The van der Waals surface area contributed by atoms with Crippen LogP contribution in [-0.2, 0) is 5.60 Å². The summed E-state index contributed by atoms with van der Waals surface area (Å²) in [5, 5.41) is 10.5. The zero-order valence-corrected chi connectivity index (χ0v) is 10.6. The van der Waals surface area contributed by atoms with Gasteiger partial charge in [-0.1, -0.05) is 43.7 Å². The van der Waals surface area contributed by atoms with Crippen LogP contribution in [0.1, 0.15) is 37.8 Å². The van der Waals surface area contributed by atoms with Crippen molar-refractivity contribution in [3.63, 3.8) is 0 Å². The predicted molar refractivity (Wildman–Crippen MR) is 65.2 cm³/mol. The van der Waals surface area contributed by atoms with Crippen LogP contribution in [0.15, 0.2) is 24.3 Å². The fourth-order valence-electron chi connectivity index (χ4n) is 2.25. The number of hydrogen-bond acceptors (Lipinski definition) is 1. The van der Waals surface area contributed by atoms with Gasteiger partial charge >= 0.3 is 0 Å². The van der Waals surface area contributed by atoms with E-state index in [9.17, 15) is 13.9 Å². The van der Waals surface area contributed by atoms with Gasteiger partial charge in [-0.25, -0.2) is 8.78 Å². The molecule has 0 aliphatic carbocycles. The van der Waals surface area contributed by atoms with Gasteiger partial charge in [0.15, 0.2) is 0 Å². The molecule has 0 saturated carbocycles. The summed E-state index contributed by atoms with van der Waals surface area (Å²) in [6.45, 7) is 5.36. The van der Waals surface area contributed by atoms with Crippen molar-refractivity contribution in [2.24, 2.45) is 5.92 Å². The average molecular weight is 242 g/mol. The van der Waals surface area contributed by atoms with Crippen molar-refractivity contribution in [3.05, 3.63) is 35.4 Å². The minimum Gasteiger partial charge on any atom is -0.385 e. The molecule has 1 nitrogen and oxygen atoms in total. The molecule has 17 heavy (non-hydrogen) atoms. The van der Waals surface area contributed by atoms with Gasteiger partial charge in [-0.15, -0.1) is 0 Å². The lowest BCUT2D eigenvalue weighted by Crippen LogP contribution is -2.38. The number of alkyl halides is 2. The van der Waals surface area contributed by atoms with Gasteiger partial charge < -0.3 is 5.11 Å². The van der Waals surface area contributed by atoms with Crippen LogP contribution < -0.4 is 0 Å². The Morgan fingerprint density at radius 1 is 1.18 bits per heavy atom. The summed E-state index contributed by atoms with van der Waals surface area (Å²) in [5.41, 5.74) is 0.200. The molecule has 0 aliphatic rings. The monoisotopic (exact) mass is 242 g/mol. The van der Waals surface area contributed by atoms with Crippen LogP contribution in [0.5, 0.6) is 0 Å². The van der Waals surface area contributed by atoms with Crippen molar-refractivity contribution < 1.29 is 13.9 Å². The zero-order chi connectivity index (χ0) is 13.1. The first-order chi connectivity index (χ1) is 7.95. The van der Waals surface area contributed by atoms with Gasteiger partial charge in [0.2, 0.25) is 6.43 Å². The van der Waals surface area contributed by atoms with Gasteiger partial charge in [0, 0.05) is 0 Å². The van der Waals surface area contributed by atoms with Crippen LogP contribution in [0.4, 0.5) is 8.78 Å². The molecule has 0 aliphatic heterocycles. The lowest BCUT2D eigenvalue weighted by atomic mass is 9.78. The molecule has 1 N–H and O–H groups in total. The molecule has 1 rings (SSSR count). The molecule has 0 spiro atoms. The van der Waals surface area contributed by atoms with Gasteiger partial charge in [0.05, 0.1) is 11.5 Å². The number of rotatable bonds is 5. The topological polar surface area (TPSA) is 20.2 Å². The Morgan fingerprint density at radius 3 is 2.06 bits per heavy atom. The van der Waals surface area contributed by atoms with E-state index in [2.05, 4.69) is 0 Å². The van der Waals surface area contributed by atoms with Gasteiger partial charge in [-0.3, -0.25) is 0 Å². The number of halogens is 2. The second-order valence-electron chi connectivity index (χ2n) is 4.49. The van der Waals surface area contributed by atoms with Crippen LogP contribution in [0.3, 0.4) is 0 Å². The summed E-state index contributed by atoms with van der Waals surface area (Å²) in [6.07, 6.45) is -1.96. The normalized spacial score (nSPS) is 16.9. The number of aliphatic hydroxyl groups is 1. The standard InChI is InChI=1S/C14H20F2O/c1-4-12(13(15)16)14(17,5-2)11-8-6-10(3)7-9-11/h6-9,12-13,17H,4-5H2,1-3H3. The molecule has 0 amide bonds. The third kappa shape index (κ3) is 2.83. The Labute approximate surface area is 101 Å². The molecule has 2 atom stereocenters. The summed E-state index contributed by atoms with van der Waals surface area (Å²) in [7, 11) is 0. The van der Waals surface area contributed by atoms with E-state index in [1.54, 1.807) is 26.0 Å². The molecule has 0 fully saturated rings. The largest absolute Gasteiger partial charge is 0.385 e. The highest BCUT2D eigenvalue weighted by atomic mass is 19.3. The fraction of sp³-hybridized carbons (Fsp3) is 0.571. The molecular weight excluding hydrogens is 222 g/mol. The summed E-state index contributed by atoms with van der Waals surface area (Å²) in [4.78, 5) is 0. The van der Waals surface area contributed by atoms with Crippen LogP contribution in [-0.4, -0.2) is 11.5 Å². The SMILES string of the molecule is CCC(C(F)F)C(O)(CC)c1ccc(C)cc1. The summed E-state index contributed by atoms with van der Waals surface area (Å²) >= 11 is 0. The third-order valence-electron chi connectivity index (χ3n) is 3.45. The first-order valence-electron chi connectivity index (χ1n) is 6.03. The Morgan fingerprint density at radius 2 is 1.71 bits per heavy atom. The van der Waals surface area contributed by atoms with E-state index in [0.717, 1.165) is 5.56 Å². The van der Waals surface area contributed by atoms with E-state index in [4.69, 9.17) is 0 Å². The minimum atomic E-state index is -2.51. The van der Waals surface area contributed by atoms with E-state index >= 15 is 0 Å². The highest BCUT2D eigenvalue weighted by Gasteiger charge is 2.41. The van der Waals surface area contributed by atoms with E-state index in [0.29, 0.717) is 12.0 Å². The first-order valence-corrected chi connectivity index (χ1v) is 6.03. The third-order valence-corrected chi connectivity index (χ3v) is 3.45. The van der Waals surface area contributed by atoms with Crippen molar-refractivity contribution in [1.82, 2.24) is 0 Å². The summed E-state index contributed by atoms with van der Waals surface area (Å²) in [5.74, 6) is -1.02. The quantitative estimate of drug-likeness (QED) is 0.830. The smallest absolute Gasteiger partial charge is 0.244 e. The number of benzene rings is 1. The Bertz CT molecular complexity index is 348. The maximum Gasteiger partial charge on any atom is 0.244 e. The van der Waals surface area contributed by atoms with Crippen molar-refractivity contribution in [3.8, 4) is 0 Å². The van der Waals surface area contributed by atoms with Gasteiger partial charge in [-0.2, -0.15) is 0 Å². The molecule has 0 heterocycles. The summed E-state index contributed by atoms with van der Waals surface area (Å²) in [6, 6.07) is 7.16. The Kier molecular flexibility index (Phi) is 4.63. The van der Waals surface area contributed by atoms with Crippen LogP contribution >= 0.6 is 0 Å². The molecule has 2 unspecified atom stereocenters. The van der Waals surface area contributed by atoms with Gasteiger partial charge in [0.25, 0.3) is 0 Å². The van der Waals surface area contributed by atoms with E-state index < -0.39 is 17.9 Å². The zero-order valence-electron chi connectivity index (χ0n) is 10.6. The molecule has 1 aromatic rings. The molecule has 3 heteroatoms. The van der Waals surface area contributed by atoms with E-state index in [-0.39, 0.29) is 6.42 Å². The lowest BCUT2D eigenvalue weighted by Gasteiger charge is -2.35. The van der Waals surface area contributed by atoms with Crippen LogP contribution in [0.2, 0.25) is 0 Å². The average Bonchev–Trinajstić information content (AvgIpc) is 2.29. The molecule has 1 aromatic carbocycles. The summed E-state index contributed by atoms with van der Waals surface area (Å²) < 4.78 is 26.0. The second-order valence-corrected chi connectivity index (χ2v) is 4.49. The lowest BCUT2D eigenvalue weighted by molar-refractivity contribution is -0.0944. The van der Waals surface area contributed by atoms with Crippen LogP contribution in [0, 0.1) is 12.8 Å².